The van der Waals surface area contributed by atoms with Crippen molar-refractivity contribution in [1.29, 1.82) is 0 Å². The van der Waals surface area contributed by atoms with Crippen LogP contribution in [0.2, 0.25) is 0 Å². The lowest BCUT2D eigenvalue weighted by molar-refractivity contribution is 0.493. The maximum atomic E-state index is 3.64. The van der Waals surface area contributed by atoms with E-state index in [2.05, 4.69) is 43.4 Å². The van der Waals surface area contributed by atoms with Crippen molar-refractivity contribution in [3.05, 3.63) is 35.4 Å². The van der Waals surface area contributed by atoms with Crippen LogP contribution in [0.4, 0.5) is 0 Å². The van der Waals surface area contributed by atoms with Gasteiger partial charge in [0.15, 0.2) is 0 Å². The van der Waals surface area contributed by atoms with E-state index in [9.17, 15) is 0 Å². The second kappa shape index (κ2) is 4.80. The minimum Gasteiger partial charge on any atom is -0.310 e. The maximum Gasteiger partial charge on any atom is 0.0351 e. The molecule has 0 spiro atoms. The summed E-state index contributed by atoms with van der Waals surface area (Å²) in [4.78, 5) is 0. The van der Waals surface area contributed by atoms with Crippen LogP contribution in [0, 0.1) is 5.92 Å². The van der Waals surface area contributed by atoms with Gasteiger partial charge in [-0.1, -0.05) is 38.1 Å². The average Bonchev–Trinajstić information content (AvgIpc) is 3.10. The maximum absolute atomic E-state index is 3.64. The smallest absolute Gasteiger partial charge is 0.0351 e. The van der Waals surface area contributed by atoms with E-state index in [4.69, 9.17) is 0 Å². The van der Waals surface area contributed by atoms with E-state index >= 15 is 0 Å². The molecule has 1 unspecified atom stereocenters. The Hall–Kier alpha value is -0.820. The summed E-state index contributed by atoms with van der Waals surface area (Å²) in [6.07, 6.45) is 3.94. The van der Waals surface area contributed by atoms with Gasteiger partial charge >= 0.3 is 0 Å². The summed E-state index contributed by atoms with van der Waals surface area (Å²) in [7, 11) is 0. The number of aryl methyl sites for hydroxylation is 1. The molecule has 1 nitrogen and oxygen atoms in total. The van der Waals surface area contributed by atoms with Gasteiger partial charge in [-0.2, -0.15) is 0 Å². The number of benzene rings is 1. The molecule has 15 heavy (non-hydrogen) atoms. The zero-order valence-electron chi connectivity index (χ0n) is 9.79. The average molecular weight is 203 g/mol. The van der Waals surface area contributed by atoms with Gasteiger partial charge in [0.2, 0.25) is 0 Å². The standard InChI is InChI=1S/C14H21N/c1-3-11-7-5-6-8-13(11)14(15-4-2)12-9-10-12/h5-8,12,14-15H,3-4,9-10H2,1-2H3. The number of rotatable bonds is 5. The molecule has 0 heterocycles. The van der Waals surface area contributed by atoms with Crippen molar-refractivity contribution < 1.29 is 0 Å². The van der Waals surface area contributed by atoms with E-state index in [-0.39, 0.29) is 0 Å². The third kappa shape index (κ3) is 2.40. The number of hydrogen-bond acceptors (Lipinski definition) is 1. The highest BCUT2D eigenvalue weighted by Gasteiger charge is 2.32. The summed E-state index contributed by atoms with van der Waals surface area (Å²) in [6.45, 7) is 5.51. The molecule has 0 amide bonds. The largest absolute Gasteiger partial charge is 0.310 e. The molecule has 1 N–H and O–H groups in total. The van der Waals surface area contributed by atoms with Crippen molar-refractivity contribution in [2.75, 3.05) is 6.54 Å². The van der Waals surface area contributed by atoms with Crippen molar-refractivity contribution in [2.24, 2.45) is 5.92 Å². The van der Waals surface area contributed by atoms with Gasteiger partial charge in [0.25, 0.3) is 0 Å². The molecule has 1 aliphatic rings. The number of nitrogens with one attached hydrogen (secondary N) is 1. The Balaban J connectivity index is 2.23. The van der Waals surface area contributed by atoms with Gasteiger partial charge in [-0.25, -0.2) is 0 Å². The van der Waals surface area contributed by atoms with Crippen molar-refractivity contribution in [3.8, 4) is 0 Å². The van der Waals surface area contributed by atoms with Gasteiger partial charge in [0.05, 0.1) is 0 Å². The van der Waals surface area contributed by atoms with Crippen molar-refractivity contribution in [1.82, 2.24) is 5.32 Å². The molecule has 0 saturated heterocycles. The van der Waals surface area contributed by atoms with Crippen LogP contribution in [0.1, 0.15) is 43.9 Å². The van der Waals surface area contributed by atoms with Crippen LogP contribution < -0.4 is 5.32 Å². The topological polar surface area (TPSA) is 12.0 Å². The van der Waals surface area contributed by atoms with Crippen molar-refractivity contribution >= 4 is 0 Å². The predicted octanol–water partition coefficient (Wildman–Crippen LogP) is 3.31. The van der Waals surface area contributed by atoms with Crippen LogP contribution in [0.15, 0.2) is 24.3 Å². The highest BCUT2D eigenvalue weighted by Crippen LogP contribution is 2.41. The Morgan fingerprint density at radius 1 is 1.27 bits per heavy atom. The van der Waals surface area contributed by atoms with Crippen LogP contribution in [-0.2, 0) is 6.42 Å². The second-order valence-corrected chi connectivity index (χ2v) is 4.43. The molecule has 1 aromatic rings. The Bertz CT molecular complexity index is 315. The molecule has 1 saturated carbocycles. The van der Waals surface area contributed by atoms with Crippen LogP contribution in [0.3, 0.4) is 0 Å². The first-order chi connectivity index (χ1) is 7.36. The zero-order chi connectivity index (χ0) is 10.7. The fraction of sp³-hybridized carbons (Fsp3) is 0.571. The molecule has 1 aliphatic carbocycles. The lowest BCUT2D eigenvalue weighted by Gasteiger charge is -2.20. The van der Waals surface area contributed by atoms with Crippen LogP contribution in [0.5, 0.6) is 0 Å². The SMILES string of the molecule is CCNC(c1ccccc1CC)C1CC1. The van der Waals surface area contributed by atoms with Crippen LogP contribution in [0.25, 0.3) is 0 Å². The highest BCUT2D eigenvalue weighted by atomic mass is 14.9. The highest BCUT2D eigenvalue weighted by molar-refractivity contribution is 5.31. The Labute approximate surface area is 92.9 Å². The van der Waals surface area contributed by atoms with E-state index in [1.165, 1.54) is 24.0 Å². The van der Waals surface area contributed by atoms with Gasteiger partial charge < -0.3 is 5.32 Å². The Morgan fingerprint density at radius 3 is 2.60 bits per heavy atom. The quantitative estimate of drug-likeness (QED) is 0.774. The molecule has 1 aromatic carbocycles. The summed E-state index contributed by atoms with van der Waals surface area (Å²) < 4.78 is 0. The molecule has 1 heteroatoms. The minimum absolute atomic E-state index is 0.603. The van der Waals surface area contributed by atoms with Crippen LogP contribution >= 0.6 is 0 Å². The van der Waals surface area contributed by atoms with Crippen molar-refractivity contribution in [2.45, 2.75) is 39.2 Å². The monoisotopic (exact) mass is 203 g/mol. The predicted molar refractivity (Wildman–Crippen MR) is 65.0 cm³/mol. The summed E-state index contributed by atoms with van der Waals surface area (Å²) in [6, 6.07) is 9.48. The molecular formula is C14H21N. The Morgan fingerprint density at radius 2 is 2.00 bits per heavy atom. The molecule has 0 aliphatic heterocycles. The molecule has 1 atom stereocenters. The molecule has 1 fully saturated rings. The van der Waals surface area contributed by atoms with E-state index in [0.717, 1.165) is 18.9 Å². The molecule has 82 valence electrons. The fourth-order valence-corrected chi connectivity index (χ4v) is 2.34. The van der Waals surface area contributed by atoms with Gasteiger partial charge in [-0.05, 0) is 42.9 Å². The van der Waals surface area contributed by atoms with Crippen LogP contribution in [-0.4, -0.2) is 6.54 Å². The number of hydrogen-bond donors (Lipinski definition) is 1. The summed E-state index contributed by atoms with van der Waals surface area (Å²) in [5, 5.41) is 3.64. The van der Waals surface area contributed by atoms with E-state index in [0.29, 0.717) is 6.04 Å². The fourth-order valence-electron chi connectivity index (χ4n) is 2.34. The molecule has 0 radical (unpaired) electrons. The normalized spacial score (nSPS) is 17.7. The molecular weight excluding hydrogens is 182 g/mol. The molecule has 2 rings (SSSR count). The zero-order valence-corrected chi connectivity index (χ0v) is 9.79. The Kier molecular flexibility index (Phi) is 3.42. The second-order valence-electron chi connectivity index (χ2n) is 4.43. The van der Waals surface area contributed by atoms with E-state index in [1.54, 1.807) is 0 Å². The first-order valence-electron chi connectivity index (χ1n) is 6.18. The van der Waals surface area contributed by atoms with E-state index in [1.807, 2.05) is 0 Å². The third-order valence-electron chi connectivity index (χ3n) is 3.29. The van der Waals surface area contributed by atoms with Gasteiger partial charge in [0, 0.05) is 6.04 Å². The van der Waals surface area contributed by atoms with Crippen molar-refractivity contribution in [3.63, 3.8) is 0 Å². The summed E-state index contributed by atoms with van der Waals surface area (Å²) >= 11 is 0. The minimum atomic E-state index is 0.603. The lowest BCUT2D eigenvalue weighted by Crippen LogP contribution is -2.23. The first-order valence-corrected chi connectivity index (χ1v) is 6.18. The lowest BCUT2D eigenvalue weighted by atomic mass is 9.95. The van der Waals surface area contributed by atoms with Gasteiger partial charge in [0.1, 0.15) is 0 Å². The van der Waals surface area contributed by atoms with Gasteiger partial charge in [-0.3, -0.25) is 0 Å². The van der Waals surface area contributed by atoms with E-state index < -0.39 is 0 Å². The molecule has 0 aromatic heterocycles. The summed E-state index contributed by atoms with van der Waals surface area (Å²) in [5.41, 5.74) is 3.04. The van der Waals surface area contributed by atoms with Gasteiger partial charge in [-0.15, -0.1) is 0 Å². The molecule has 0 bridgehead atoms. The summed E-state index contributed by atoms with van der Waals surface area (Å²) in [5.74, 6) is 0.887. The third-order valence-corrected chi connectivity index (χ3v) is 3.29. The first kappa shape index (κ1) is 10.7.